The van der Waals surface area contributed by atoms with E-state index in [1.165, 1.54) is 6.92 Å². The van der Waals surface area contributed by atoms with Gasteiger partial charge in [-0.1, -0.05) is 23.2 Å². The van der Waals surface area contributed by atoms with Crippen molar-refractivity contribution in [2.24, 2.45) is 0 Å². The van der Waals surface area contributed by atoms with Gasteiger partial charge in [0, 0.05) is 17.8 Å². The van der Waals surface area contributed by atoms with Crippen LogP contribution in [0, 0.1) is 22.9 Å². The molecule has 0 radical (unpaired) electrons. The van der Waals surface area contributed by atoms with E-state index in [0.717, 1.165) is 18.3 Å². The lowest BCUT2D eigenvalue weighted by atomic mass is 9.98. The summed E-state index contributed by atoms with van der Waals surface area (Å²) >= 11 is 11.3. The normalized spacial score (nSPS) is 11.8. The molecule has 0 saturated heterocycles. The molecule has 1 aromatic heterocycles. The molecule has 0 aliphatic heterocycles. The number of nitrogens with one attached hydrogen (secondary N) is 1. The molecule has 2 aromatic rings. The number of hydrogen-bond acceptors (Lipinski definition) is 5. The average molecular weight is 419 g/mol. The van der Waals surface area contributed by atoms with Crippen molar-refractivity contribution in [3.05, 3.63) is 68.7 Å². The van der Waals surface area contributed by atoms with Crippen LogP contribution in [0.5, 0.6) is 0 Å². The van der Waals surface area contributed by atoms with Crippen molar-refractivity contribution in [3.63, 3.8) is 0 Å². The molecule has 10 heteroatoms. The SMILES string of the molecule is CCOC(=O)C(C(=N)c1ccc(F)cc1F)=C(O)c1cnc(Cl)c(F)c1Cl. The van der Waals surface area contributed by atoms with E-state index < -0.39 is 61.8 Å². The Morgan fingerprint density at radius 3 is 2.52 bits per heavy atom. The molecule has 0 bridgehead atoms. The standard InChI is InChI=1S/C17H11Cl2F3N2O3/c1-2-27-17(26)11(14(23)8-4-3-7(20)5-10(8)21)15(25)9-6-24-16(19)13(22)12(9)18/h3-6,23,25H,2H2,1H3. The van der Waals surface area contributed by atoms with E-state index in [0.29, 0.717) is 6.07 Å². The van der Waals surface area contributed by atoms with Gasteiger partial charge in [-0.15, -0.1) is 0 Å². The molecule has 0 saturated carbocycles. The van der Waals surface area contributed by atoms with Gasteiger partial charge in [0.05, 0.1) is 22.9 Å². The van der Waals surface area contributed by atoms with E-state index in [4.69, 9.17) is 33.3 Å². The molecule has 0 amide bonds. The molecule has 2 rings (SSSR count). The number of carbonyl (C=O) groups excluding carboxylic acids is 1. The molecule has 1 aromatic carbocycles. The number of rotatable bonds is 5. The van der Waals surface area contributed by atoms with Crippen molar-refractivity contribution >= 4 is 40.6 Å². The summed E-state index contributed by atoms with van der Waals surface area (Å²) in [5.74, 6) is -5.39. The highest BCUT2D eigenvalue weighted by atomic mass is 35.5. The number of esters is 1. The van der Waals surface area contributed by atoms with Crippen molar-refractivity contribution in [2.75, 3.05) is 6.61 Å². The minimum atomic E-state index is -1.20. The Bertz CT molecular complexity index is 965. The highest BCUT2D eigenvalue weighted by molar-refractivity contribution is 6.36. The van der Waals surface area contributed by atoms with Crippen LogP contribution in [0.2, 0.25) is 10.2 Å². The molecule has 0 spiro atoms. The van der Waals surface area contributed by atoms with E-state index in [1.54, 1.807) is 0 Å². The van der Waals surface area contributed by atoms with Crippen LogP contribution in [-0.4, -0.2) is 28.4 Å². The third-order valence-electron chi connectivity index (χ3n) is 3.34. The number of aromatic nitrogens is 1. The molecule has 0 aliphatic rings. The molecule has 1 heterocycles. The molecule has 5 nitrogen and oxygen atoms in total. The second-order valence-corrected chi connectivity index (χ2v) is 5.77. The first-order valence-corrected chi connectivity index (χ1v) is 8.09. The lowest BCUT2D eigenvalue weighted by molar-refractivity contribution is -0.137. The average Bonchev–Trinajstić information content (AvgIpc) is 2.60. The minimum Gasteiger partial charge on any atom is -0.506 e. The number of ether oxygens (including phenoxy) is 1. The summed E-state index contributed by atoms with van der Waals surface area (Å²) in [7, 11) is 0. The van der Waals surface area contributed by atoms with Crippen LogP contribution >= 0.6 is 23.2 Å². The first-order valence-electron chi connectivity index (χ1n) is 7.33. The van der Waals surface area contributed by atoms with Crippen molar-refractivity contribution in [3.8, 4) is 0 Å². The van der Waals surface area contributed by atoms with Crippen LogP contribution < -0.4 is 0 Å². The number of halogens is 5. The molecule has 0 atom stereocenters. The van der Waals surface area contributed by atoms with E-state index in [-0.39, 0.29) is 6.61 Å². The van der Waals surface area contributed by atoms with E-state index >= 15 is 0 Å². The van der Waals surface area contributed by atoms with Crippen LogP contribution in [0.1, 0.15) is 18.1 Å². The molecule has 2 N–H and O–H groups in total. The van der Waals surface area contributed by atoms with Crippen LogP contribution in [-0.2, 0) is 9.53 Å². The van der Waals surface area contributed by atoms with E-state index in [1.807, 2.05) is 0 Å². The largest absolute Gasteiger partial charge is 0.506 e. The van der Waals surface area contributed by atoms with Crippen molar-refractivity contribution in [2.45, 2.75) is 6.92 Å². The zero-order chi connectivity index (χ0) is 20.3. The number of aliphatic hydroxyl groups excluding tert-OH is 1. The van der Waals surface area contributed by atoms with Gasteiger partial charge in [0.15, 0.2) is 11.0 Å². The molecular formula is C17H11Cl2F3N2O3. The Morgan fingerprint density at radius 1 is 1.26 bits per heavy atom. The zero-order valence-corrected chi connectivity index (χ0v) is 15.1. The number of aliphatic hydroxyl groups is 1. The van der Waals surface area contributed by atoms with Crippen molar-refractivity contribution in [1.29, 1.82) is 5.41 Å². The lowest BCUT2D eigenvalue weighted by Crippen LogP contribution is -2.19. The first-order chi connectivity index (χ1) is 12.7. The molecular weight excluding hydrogens is 408 g/mol. The summed E-state index contributed by atoms with van der Waals surface area (Å²) in [6, 6.07) is 2.27. The van der Waals surface area contributed by atoms with Crippen molar-refractivity contribution in [1.82, 2.24) is 4.98 Å². The Morgan fingerprint density at radius 2 is 1.93 bits per heavy atom. The number of benzene rings is 1. The number of carbonyl (C=O) groups is 1. The molecule has 0 aliphatic carbocycles. The number of hydrogen-bond donors (Lipinski definition) is 2. The van der Waals surface area contributed by atoms with Crippen molar-refractivity contribution < 1.29 is 27.8 Å². The van der Waals surface area contributed by atoms with Crippen LogP contribution in [0.4, 0.5) is 13.2 Å². The molecule has 0 unspecified atom stereocenters. The highest BCUT2D eigenvalue weighted by Gasteiger charge is 2.28. The number of nitrogens with zero attached hydrogens (tertiary/aromatic N) is 1. The maximum absolute atomic E-state index is 14.0. The van der Waals surface area contributed by atoms with Gasteiger partial charge in [-0.3, -0.25) is 5.41 Å². The highest BCUT2D eigenvalue weighted by Crippen LogP contribution is 2.31. The summed E-state index contributed by atoms with van der Waals surface area (Å²) in [6.07, 6.45) is 0.872. The third-order valence-corrected chi connectivity index (χ3v) is 3.97. The van der Waals surface area contributed by atoms with Crippen LogP contribution in [0.3, 0.4) is 0 Å². The fourth-order valence-corrected chi connectivity index (χ4v) is 2.51. The summed E-state index contributed by atoms with van der Waals surface area (Å²) in [4.78, 5) is 15.7. The van der Waals surface area contributed by atoms with Gasteiger partial charge >= 0.3 is 5.97 Å². The predicted octanol–water partition coefficient (Wildman–Crippen LogP) is 4.71. The molecule has 27 heavy (non-hydrogen) atoms. The maximum Gasteiger partial charge on any atom is 0.344 e. The summed E-state index contributed by atoms with van der Waals surface area (Å²) in [5, 5.41) is 17.3. The van der Waals surface area contributed by atoms with E-state index in [2.05, 4.69) is 4.98 Å². The Labute approximate surface area is 161 Å². The van der Waals surface area contributed by atoms with Gasteiger partial charge in [0.2, 0.25) is 0 Å². The Hall–Kier alpha value is -2.58. The van der Waals surface area contributed by atoms with Gasteiger partial charge in [-0.25, -0.2) is 22.9 Å². The third kappa shape index (κ3) is 4.23. The Balaban J connectivity index is 2.70. The molecule has 142 valence electrons. The summed E-state index contributed by atoms with van der Waals surface area (Å²) in [6.45, 7) is 1.33. The molecule has 0 fully saturated rings. The Kier molecular flexibility index (Phi) is 6.45. The monoisotopic (exact) mass is 418 g/mol. The van der Waals surface area contributed by atoms with Gasteiger partial charge in [-0.05, 0) is 19.1 Å². The summed E-state index contributed by atoms with van der Waals surface area (Å²) < 4.78 is 45.8. The fourth-order valence-electron chi connectivity index (χ4n) is 2.09. The quantitative estimate of drug-likeness (QED) is 0.242. The van der Waals surface area contributed by atoms with Crippen LogP contribution in [0.25, 0.3) is 5.76 Å². The summed E-state index contributed by atoms with van der Waals surface area (Å²) in [5.41, 5.74) is -2.60. The minimum absolute atomic E-state index is 0.129. The van der Waals surface area contributed by atoms with Gasteiger partial charge < -0.3 is 9.84 Å². The van der Waals surface area contributed by atoms with Gasteiger partial charge in [0.1, 0.15) is 23.0 Å². The smallest absolute Gasteiger partial charge is 0.344 e. The lowest BCUT2D eigenvalue weighted by Gasteiger charge is -2.13. The second-order valence-electron chi connectivity index (χ2n) is 5.03. The fraction of sp³-hybridized carbons (Fsp3) is 0.118. The zero-order valence-electron chi connectivity index (χ0n) is 13.6. The number of pyridine rings is 1. The van der Waals surface area contributed by atoms with Crippen LogP contribution in [0.15, 0.2) is 30.0 Å². The van der Waals surface area contributed by atoms with E-state index in [9.17, 15) is 23.1 Å². The topological polar surface area (TPSA) is 83.3 Å². The predicted molar refractivity (Wildman–Crippen MR) is 93.6 cm³/mol. The second kappa shape index (κ2) is 8.41. The maximum atomic E-state index is 14.0. The van der Waals surface area contributed by atoms with Gasteiger partial charge in [-0.2, -0.15) is 0 Å². The first kappa shape index (κ1) is 20.7. The van der Waals surface area contributed by atoms with Gasteiger partial charge in [0.25, 0.3) is 0 Å².